The van der Waals surface area contributed by atoms with Gasteiger partial charge in [-0.15, -0.1) is 0 Å². The molecular weight excluding hydrogens is 324 g/mol. The second kappa shape index (κ2) is 4.28. The van der Waals surface area contributed by atoms with Crippen molar-refractivity contribution in [3.05, 3.63) is 39.7 Å². The van der Waals surface area contributed by atoms with E-state index in [4.69, 9.17) is 0 Å². The summed E-state index contributed by atoms with van der Waals surface area (Å²) in [6, 6.07) is 3.45. The van der Waals surface area contributed by atoms with Gasteiger partial charge in [-0.3, -0.25) is 9.97 Å². The fourth-order valence-electron chi connectivity index (χ4n) is 1.19. The Bertz CT molecular complexity index is 503. The van der Waals surface area contributed by atoms with Crippen LogP contribution in [-0.2, 0) is 0 Å². The third kappa shape index (κ3) is 2.35. The number of aromatic hydroxyl groups is 1. The first-order chi connectivity index (χ1) is 7.16. The maximum atomic E-state index is 9.70. The molecular formula is C10H6Br2N2O. The Morgan fingerprint density at radius 1 is 1.00 bits per heavy atom. The first-order valence-corrected chi connectivity index (χ1v) is 5.71. The van der Waals surface area contributed by atoms with Crippen LogP contribution >= 0.6 is 31.9 Å². The summed E-state index contributed by atoms with van der Waals surface area (Å²) in [4.78, 5) is 8.15. The highest BCUT2D eigenvalue weighted by molar-refractivity contribution is 9.10. The number of hydrogen-bond acceptors (Lipinski definition) is 3. The SMILES string of the molecule is Oc1cc(Br)cnc1-c1cncc(Br)c1. The molecule has 0 amide bonds. The summed E-state index contributed by atoms with van der Waals surface area (Å²) in [5.74, 6) is 0.129. The molecule has 0 atom stereocenters. The summed E-state index contributed by atoms with van der Waals surface area (Å²) in [6.07, 6.45) is 4.97. The van der Waals surface area contributed by atoms with E-state index < -0.39 is 0 Å². The van der Waals surface area contributed by atoms with E-state index in [-0.39, 0.29) is 5.75 Å². The topological polar surface area (TPSA) is 46.0 Å². The van der Waals surface area contributed by atoms with Gasteiger partial charge in [0.2, 0.25) is 0 Å². The summed E-state index contributed by atoms with van der Waals surface area (Å²) >= 11 is 6.55. The third-order valence-corrected chi connectivity index (χ3v) is 2.68. The van der Waals surface area contributed by atoms with Crippen molar-refractivity contribution in [2.45, 2.75) is 0 Å². The maximum absolute atomic E-state index is 9.70. The normalized spacial score (nSPS) is 10.3. The molecule has 0 radical (unpaired) electrons. The molecule has 0 saturated carbocycles. The molecule has 0 saturated heterocycles. The first-order valence-electron chi connectivity index (χ1n) is 4.12. The van der Waals surface area contributed by atoms with Gasteiger partial charge >= 0.3 is 0 Å². The van der Waals surface area contributed by atoms with Crippen molar-refractivity contribution in [3.8, 4) is 17.0 Å². The fourth-order valence-corrected chi connectivity index (χ4v) is 1.88. The maximum Gasteiger partial charge on any atom is 0.143 e. The molecule has 0 aromatic carbocycles. The molecule has 2 aromatic rings. The number of aromatic nitrogens is 2. The molecule has 3 nitrogen and oxygen atoms in total. The van der Waals surface area contributed by atoms with E-state index in [1.54, 1.807) is 24.7 Å². The third-order valence-electron chi connectivity index (χ3n) is 1.81. The van der Waals surface area contributed by atoms with Gasteiger partial charge in [-0.25, -0.2) is 0 Å². The van der Waals surface area contributed by atoms with Crippen LogP contribution in [0, 0.1) is 0 Å². The van der Waals surface area contributed by atoms with Gasteiger partial charge < -0.3 is 5.11 Å². The van der Waals surface area contributed by atoms with Crippen LogP contribution in [0.5, 0.6) is 5.75 Å². The molecule has 0 unspecified atom stereocenters. The number of hydrogen-bond donors (Lipinski definition) is 1. The molecule has 2 heterocycles. The van der Waals surface area contributed by atoms with Gasteiger partial charge in [-0.05, 0) is 44.0 Å². The zero-order valence-corrected chi connectivity index (χ0v) is 10.7. The lowest BCUT2D eigenvalue weighted by Gasteiger charge is -2.03. The van der Waals surface area contributed by atoms with Crippen molar-refractivity contribution < 1.29 is 5.11 Å². The van der Waals surface area contributed by atoms with Gasteiger partial charge in [-0.1, -0.05) is 0 Å². The molecule has 15 heavy (non-hydrogen) atoms. The Kier molecular flexibility index (Phi) is 3.02. The summed E-state index contributed by atoms with van der Waals surface area (Å²) in [6.45, 7) is 0. The largest absolute Gasteiger partial charge is 0.506 e. The van der Waals surface area contributed by atoms with Crippen LogP contribution in [0.4, 0.5) is 0 Å². The molecule has 1 N–H and O–H groups in total. The molecule has 0 aliphatic carbocycles. The van der Waals surface area contributed by atoms with Crippen molar-refractivity contribution in [1.29, 1.82) is 0 Å². The van der Waals surface area contributed by atoms with Crippen molar-refractivity contribution in [3.63, 3.8) is 0 Å². The average molecular weight is 330 g/mol. The van der Waals surface area contributed by atoms with Gasteiger partial charge in [0.1, 0.15) is 11.4 Å². The van der Waals surface area contributed by atoms with Crippen LogP contribution in [0.3, 0.4) is 0 Å². The Hall–Kier alpha value is -0.940. The highest BCUT2D eigenvalue weighted by atomic mass is 79.9. The molecule has 2 rings (SSSR count). The summed E-state index contributed by atoms with van der Waals surface area (Å²) in [7, 11) is 0. The minimum atomic E-state index is 0.129. The minimum Gasteiger partial charge on any atom is -0.506 e. The van der Waals surface area contributed by atoms with E-state index >= 15 is 0 Å². The van der Waals surface area contributed by atoms with E-state index in [0.29, 0.717) is 5.69 Å². The van der Waals surface area contributed by atoms with E-state index in [9.17, 15) is 5.11 Å². The molecule has 5 heteroatoms. The predicted octanol–water partition coefficient (Wildman–Crippen LogP) is 3.37. The molecule has 0 fully saturated rings. The lowest BCUT2D eigenvalue weighted by Crippen LogP contribution is -1.85. The summed E-state index contributed by atoms with van der Waals surface area (Å²) in [5, 5.41) is 9.70. The Labute approximate surface area is 103 Å². The van der Waals surface area contributed by atoms with Crippen molar-refractivity contribution in [2.24, 2.45) is 0 Å². The fraction of sp³-hybridized carbons (Fsp3) is 0. The molecule has 0 aliphatic heterocycles. The van der Waals surface area contributed by atoms with Crippen LogP contribution in [0.15, 0.2) is 39.7 Å². The smallest absolute Gasteiger partial charge is 0.143 e. The first kappa shape index (κ1) is 10.6. The van der Waals surface area contributed by atoms with Crippen LogP contribution in [0.2, 0.25) is 0 Å². The zero-order chi connectivity index (χ0) is 10.8. The minimum absolute atomic E-state index is 0.129. The van der Waals surface area contributed by atoms with Gasteiger partial charge in [-0.2, -0.15) is 0 Å². The van der Waals surface area contributed by atoms with E-state index in [2.05, 4.69) is 41.8 Å². The van der Waals surface area contributed by atoms with Gasteiger partial charge in [0.25, 0.3) is 0 Å². The predicted molar refractivity (Wildman–Crippen MR) is 64.5 cm³/mol. The second-order valence-electron chi connectivity index (χ2n) is 2.91. The number of halogens is 2. The Morgan fingerprint density at radius 2 is 1.73 bits per heavy atom. The highest BCUT2D eigenvalue weighted by Crippen LogP contribution is 2.29. The quantitative estimate of drug-likeness (QED) is 0.872. The number of rotatable bonds is 1. The van der Waals surface area contributed by atoms with Crippen LogP contribution in [0.25, 0.3) is 11.3 Å². The number of nitrogens with zero attached hydrogens (tertiary/aromatic N) is 2. The average Bonchev–Trinajstić information content (AvgIpc) is 2.17. The lowest BCUT2D eigenvalue weighted by atomic mass is 10.2. The molecule has 0 aliphatic rings. The highest BCUT2D eigenvalue weighted by Gasteiger charge is 2.06. The zero-order valence-electron chi connectivity index (χ0n) is 7.48. The van der Waals surface area contributed by atoms with Crippen LogP contribution in [-0.4, -0.2) is 15.1 Å². The standard InChI is InChI=1S/C10H6Br2N2O/c11-7-1-6(3-13-4-7)10-9(15)2-8(12)5-14-10/h1-5,15H. The number of pyridine rings is 2. The monoisotopic (exact) mass is 328 g/mol. The van der Waals surface area contributed by atoms with Crippen molar-refractivity contribution in [2.75, 3.05) is 0 Å². The second-order valence-corrected chi connectivity index (χ2v) is 4.74. The Balaban J connectivity index is 2.54. The van der Waals surface area contributed by atoms with E-state index in [0.717, 1.165) is 14.5 Å². The lowest BCUT2D eigenvalue weighted by molar-refractivity contribution is 0.474. The molecule has 76 valence electrons. The van der Waals surface area contributed by atoms with Gasteiger partial charge in [0, 0.05) is 33.1 Å². The van der Waals surface area contributed by atoms with Crippen molar-refractivity contribution in [1.82, 2.24) is 9.97 Å². The summed E-state index contributed by atoms with van der Waals surface area (Å²) in [5.41, 5.74) is 1.29. The van der Waals surface area contributed by atoms with Crippen LogP contribution in [0.1, 0.15) is 0 Å². The van der Waals surface area contributed by atoms with Gasteiger partial charge in [0.15, 0.2) is 0 Å². The van der Waals surface area contributed by atoms with Crippen LogP contribution < -0.4 is 0 Å². The van der Waals surface area contributed by atoms with E-state index in [1.165, 1.54) is 0 Å². The Morgan fingerprint density at radius 3 is 2.40 bits per heavy atom. The van der Waals surface area contributed by atoms with Gasteiger partial charge in [0.05, 0.1) is 0 Å². The van der Waals surface area contributed by atoms with E-state index in [1.807, 2.05) is 6.07 Å². The molecule has 0 spiro atoms. The van der Waals surface area contributed by atoms with Crippen molar-refractivity contribution >= 4 is 31.9 Å². The molecule has 2 aromatic heterocycles. The summed E-state index contributed by atoms with van der Waals surface area (Å²) < 4.78 is 1.59. The molecule has 0 bridgehead atoms.